The minimum atomic E-state index is -0.213. The van der Waals surface area contributed by atoms with Gasteiger partial charge in [-0.2, -0.15) is 0 Å². The van der Waals surface area contributed by atoms with Crippen LogP contribution in [0.25, 0.3) is 0 Å². The molecule has 0 N–H and O–H groups in total. The molecule has 0 radical (unpaired) electrons. The first-order valence-corrected chi connectivity index (χ1v) is 10.3. The van der Waals surface area contributed by atoms with Gasteiger partial charge in [-0.1, -0.05) is 42.7 Å². The molecule has 1 aliphatic rings. The molecule has 0 bridgehead atoms. The van der Waals surface area contributed by atoms with Crippen LogP contribution in [0.2, 0.25) is 5.02 Å². The van der Waals surface area contributed by atoms with Gasteiger partial charge in [-0.25, -0.2) is 0 Å². The first kappa shape index (κ1) is 22.0. The fourth-order valence-electron chi connectivity index (χ4n) is 3.41. The topological polar surface area (TPSA) is 60.4 Å². The second-order valence-corrected chi connectivity index (χ2v) is 7.98. The molecule has 3 rings (SSSR count). The summed E-state index contributed by atoms with van der Waals surface area (Å²) in [5, 5.41) is 4.91. The standard InChI is InChI=1S/C23H27ClN2O4/c1-15(2)23(27)26(13-16-6-5-7-18(24)10-16)14-19-12-20(25-30-19)17-8-9-21(28-3)22(11-17)29-4/h5-11,15,19H,12-14H2,1-4H3/t19-/m1/s1. The van der Waals surface area contributed by atoms with E-state index >= 15 is 0 Å². The Hall–Kier alpha value is -2.73. The zero-order chi connectivity index (χ0) is 21.7. The Balaban J connectivity index is 1.70. The van der Waals surface area contributed by atoms with Crippen LogP contribution in [0.4, 0.5) is 0 Å². The van der Waals surface area contributed by atoms with Crippen LogP contribution < -0.4 is 9.47 Å². The summed E-state index contributed by atoms with van der Waals surface area (Å²) in [5.41, 5.74) is 2.71. The van der Waals surface area contributed by atoms with Gasteiger partial charge in [-0.3, -0.25) is 4.79 Å². The molecular formula is C23H27ClN2O4. The van der Waals surface area contributed by atoms with Gasteiger partial charge in [0.15, 0.2) is 17.6 Å². The number of hydrogen-bond acceptors (Lipinski definition) is 5. The average molecular weight is 431 g/mol. The van der Waals surface area contributed by atoms with E-state index in [1.54, 1.807) is 14.2 Å². The second kappa shape index (κ2) is 9.85. The molecular weight excluding hydrogens is 404 g/mol. The van der Waals surface area contributed by atoms with E-state index in [-0.39, 0.29) is 17.9 Å². The van der Waals surface area contributed by atoms with Crippen molar-refractivity contribution in [1.29, 1.82) is 0 Å². The Morgan fingerprint density at radius 2 is 1.97 bits per heavy atom. The maximum Gasteiger partial charge on any atom is 0.225 e. The van der Waals surface area contributed by atoms with Crippen molar-refractivity contribution in [3.63, 3.8) is 0 Å². The summed E-state index contributed by atoms with van der Waals surface area (Å²) in [4.78, 5) is 20.3. The number of halogens is 1. The van der Waals surface area contributed by atoms with Crippen LogP contribution >= 0.6 is 11.6 Å². The van der Waals surface area contributed by atoms with Crippen molar-refractivity contribution in [1.82, 2.24) is 4.90 Å². The predicted molar refractivity (Wildman–Crippen MR) is 117 cm³/mol. The highest BCUT2D eigenvalue weighted by molar-refractivity contribution is 6.30. The predicted octanol–water partition coefficient (Wildman–Crippen LogP) is 4.54. The van der Waals surface area contributed by atoms with Crippen LogP contribution in [-0.4, -0.2) is 43.4 Å². The molecule has 0 fully saturated rings. The number of ether oxygens (including phenoxy) is 2. The highest BCUT2D eigenvalue weighted by atomic mass is 35.5. The summed E-state index contributed by atoms with van der Waals surface area (Å²) >= 11 is 6.11. The number of amides is 1. The van der Waals surface area contributed by atoms with Crippen LogP contribution in [0.5, 0.6) is 11.5 Å². The summed E-state index contributed by atoms with van der Waals surface area (Å²) < 4.78 is 10.7. The minimum Gasteiger partial charge on any atom is -0.493 e. The Bertz CT molecular complexity index is 929. The number of methoxy groups -OCH3 is 2. The second-order valence-electron chi connectivity index (χ2n) is 7.54. The van der Waals surface area contributed by atoms with E-state index in [9.17, 15) is 4.79 Å². The smallest absolute Gasteiger partial charge is 0.225 e. The van der Waals surface area contributed by atoms with Gasteiger partial charge in [0.1, 0.15) is 0 Å². The molecule has 2 aromatic carbocycles. The zero-order valence-electron chi connectivity index (χ0n) is 17.7. The van der Waals surface area contributed by atoms with Crippen molar-refractivity contribution in [2.24, 2.45) is 11.1 Å². The van der Waals surface area contributed by atoms with Crippen molar-refractivity contribution >= 4 is 23.2 Å². The maximum atomic E-state index is 12.8. The number of nitrogens with zero attached hydrogens (tertiary/aromatic N) is 2. The summed E-state index contributed by atoms with van der Waals surface area (Å²) in [5.74, 6) is 1.25. The molecule has 0 saturated carbocycles. The van der Waals surface area contributed by atoms with E-state index < -0.39 is 0 Å². The first-order valence-electron chi connectivity index (χ1n) is 9.89. The fraction of sp³-hybridized carbons (Fsp3) is 0.391. The van der Waals surface area contributed by atoms with Crippen LogP contribution in [0.15, 0.2) is 47.6 Å². The number of benzene rings is 2. The fourth-order valence-corrected chi connectivity index (χ4v) is 3.62. The van der Waals surface area contributed by atoms with E-state index in [1.165, 1.54) is 0 Å². The molecule has 0 unspecified atom stereocenters. The first-order chi connectivity index (χ1) is 14.4. The Kier molecular flexibility index (Phi) is 7.21. The average Bonchev–Trinajstić information content (AvgIpc) is 3.20. The van der Waals surface area contributed by atoms with Crippen molar-refractivity contribution in [2.75, 3.05) is 20.8 Å². The highest BCUT2D eigenvalue weighted by Crippen LogP contribution is 2.30. The van der Waals surface area contributed by atoms with Crippen LogP contribution in [0, 0.1) is 5.92 Å². The lowest BCUT2D eigenvalue weighted by atomic mass is 10.0. The Morgan fingerprint density at radius 1 is 1.20 bits per heavy atom. The normalized spacial score (nSPS) is 15.5. The highest BCUT2D eigenvalue weighted by Gasteiger charge is 2.28. The lowest BCUT2D eigenvalue weighted by Gasteiger charge is -2.26. The Morgan fingerprint density at radius 3 is 2.63 bits per heavy atom. The summed E-state index contributed by atoms with van der Waals surface area (Å²) in [6, 6.07) is 13.2. The van der Waals surface area contributed by atoms with Crippen LogP contribution in [0.1, 0.15) is 31.4 Å². The molecule has 6 nitrogen and oxygen atoms in total. The van der Waals surface area contributed by atoms with Crippen molar-refractivity contribution < 1.29 is 19.1 Å². The number of hydrogen-bond donors (Lipinski definition) is 0. The van der Waals surface area contributed by atoms with Gasteiger partial charge in [-0.05, 0) is 35.9 Å². The lowest BCUT2D eigenvalue weighted by molar-refractivity contribution is -0.136. The molecule has 0 spiro atoms. The Labute approximate surface area is 182 Å². The van der Waals surface area contributed by atoms with Gasteiger partial charge >= 0.3 is 0 Å². The van der Waals surface area contributed by atoms with Crippen LogP contribution in [-0.2, 0) is 16.2 Å². The molecule has 1 amide bonds. The monoisotopic (exact) mass is 430 g/mol. The molecule has 0 aliphatic carbocycles. The third kappa shape index (κ3) is 5.25. The minimum absolute atomic E-state index is 0.0677. The van der Waals surface area contributed by atoms with Gasteiger partial charge in [0.2, 0.25) is 5.91 Å². The third-order valence-corrected chi connectivity index (χ3v) is 5.18. The summed E-state index contributed by atoms with van der Waals surface area (Å²) in [6.07, 6.45) is 0.391. The van der Waals surface area contributed by atoms with Crippen molar-refractivity contribution in [3.05, 3.63) is 58.6 Å². The van der Waals surface area contributed by atoms with Gasteiger partial charge in [0.05, 0.1) is 26.5 Å². The molecule has 2 aromatic rings. The van der Waals surface area contributed by atoms with Gasteiger partial charge < -0.3 is 19.2 Å². The number of carbonyl (C=O) groups excluding carboxylic acids is 1. The van der Waals surface area contributed by atoms with Crippen molar-refractivity contribution in [2.45, 2.75) is 32.9 Å². The largest absolute Gasteiger partial charge is 0.493 e. The maximum absolute atomic E-state index is 12.8. The molecule has 1 heterocycles. The molecule has 160 valence electrons. The SMILES string of the molecule is COc1ccc(C2=NO[C@@H](CN(Cc3cccc(Cl)c3)C(=O)C(C)C)C2)cc1OC. The van der Waals surface area contributed by atoms with E-state index in [2.05, 4.69) is 5.16 Å². The van der Waals surface area contributed by atoms with Crippen molar-refractivity contribution in [3.8, 4) is 11.5 Å². The molecule has 0 saturated heterocycles. The molecule has 7 heteroatoms. The number of rotatable bonds is 8. The lowest BCUT2D eigenvalue weighted by Crippen LogP contribution is -2.39. The van der Waals surface area contributed by atoms with Crippen LogP contribution in [0.3, 0.4) is 0 Å². The zero-order valence-corrected chi connectivity index (χ0v) is 18.5. The molecule has 0 aromatic heterocycles. The third-order valence-electron chi connectivity index (χ3n) is 4.94. The quantitative estimate of drug-likeness (QED) is 0.617. The van der Waals surface area contributed by atoms with Gasteiger partial charge in [0, 0.05) is 29.5 Å². The summed E-state index contributed by atoms with van der Waals surface area (Å²) in [6.45, 7) is 4.72. The van der Waals surface area contributed by atoms with E-state index in [0.29, 0.717) is 36.0 Å². The number of carbonyl (C=O) groups is 1. The van der Waals surface area contributed by atoms with E-state index in [1.807, 2.05) is 61.2 Å². The van der Waals surface area contributed by atoms with E-state index in [4.69, 9.17) is 25.9 Å². The molecule has 1 aliphatic heterocycles. The van der Waals surface area contributed by atoms with Gasteiger partial charge in [-0.15, -0.1) is 0 Å². The summed E-state index contributed by atoms with van der Waals surface area (Å²) in [7, 11) is 3.20. The molecule has 30 heavy (non-hydrogen) atoms. The van der Waals surface area contributed by atoms with E-state index in [0.717, 1.165) is 16.8 Å². The molecule has 1 atom stereocenters. The van der Waals surface area contributed by atoms with Gasteiger partial charge in [0.25, 0.3) is 0 Å². The number of oxime groups is 1.